The third-order valence-electron chi connectivity index (χ3n) is 3.56. The maximum Gasteiger partial charge on any atom is 0.122 e. The molecular formula is C16H16O3. The lowest BCUT2D eigenvalue weighted by Gasteiger charge is -2.26. The third kappa shape index (κ3) is 2.24. The van der Waals surface area contributed by atoms with Crippen LogP contribution in [0.3, 0.4) is 0 Å². The molecule has 0 saturated heterocycles. The number of fused-ring (bicyclic) bond motifs is 1. The van der Waals surface area contributed by atoms with E-state index in [0.29, 0.717) is 12.4 Å². The fourth-order valence-corrected chi connectivity index (χ4v) is 2.52. The lowest BCUT2D eigenvalue weighted by molar-refractivity contribution is 0.259. The molecule has 3 rings (SSSR count). The minimum absolute atomic E-state index is 0.181. The van der Waals surface area contributed by atoms with Gasteiger partial charge >= 0.3 is 0 Å². The number of ether oxygens (including phenoxy) is 2. The van der Waals surface area contributed by atoms with E-state index in [4.69, 9.17) is 9.47 Å². The summed E-state index contributed by atoms with van der Waals surface area (Å²) >= 11 is 0. The zero-order chi connectivity index (χ0) is 13.2. The molecule has 1 N–H and O–H groups in total. The van der Waals surface area contributed by atoms with Gasteiger partial charge in [0.25, 0.3) is 0 Å². The van der Waals surface area contributed by atoms with Crippen molar-refractivity contribution in [3.63, 3.8) is 0 Å². The second-order valence-electron chi connectivity index (χ2n) is 4.74. The maximum atomic E-state index is 10.1. The zero-order valence-corrected chi connectivity index (χ0v) is 10.8. The van der Waals surface area contributed by atoms with Crippen molar-refractivity contribution in [2.75, 3.05) is 13.7 Å². The number of hydrogen-bond acceptors (Lipinski definition) is 3. The van der Waals surface area contributed by atoms with Crippen LogP contribution < -0.4 is 9.47 Å². The molecule has 19 heavy (non-hydrogen) atoms. The van der Waals surface area contributed by atoms with Gasteiger partial charge in [0.05, 0.1) is 13.7 Å². The summed E-state index contributed by atoms with van der Waals surface area (Å²) in [5.74, 6) is 2.07. The molecule has 1 atom stereocenters. The van der Waals surface area contributed by atoms with Gasteiger partial charge in [0.2, 0.25) is 0 Å². The van der Waals surface area contributed by atoms with Crippen LogP contribution in [0.25, 0.3) is 0 Å². The fourth-order valence-electron chi connectivity index (χ4n) is 2.52. The Morgan fingerprint density at radius 3 is 2.84 bits per heavy atom. The highest BCUT2D eigenvalue weighted by Crippen LogP contribution is 2.36. The van der Waals surface area contributed by atoms with E-state index in [9.17, 15) is 5.11 Å². The van der Waals surface area contributed by atoms with Gasteiger partial charge in [-0.15, -0.1) is 0 Å². The SMILES string of the molecule is COc1ccc(C2COc3ccccc3C2)c(O)c1. The van der Waals surface area contributed by atoms with Gasteiger partial charge in [-0.2, -0.15) is 0 Å². The summed E-state index contributed by atoms with van der Waals surface area (Å²) in [7, 11) is 1.59. The third-order valence-corrected chi connectivity index (χ3v) is 3.56. The molecule has 2 aromatic carbocycles. The van der Waals surface area contributed by atoms with Crippen molar-refractivity contribution in [3.8, 4) is 17.2 Å². The normalized spacial score (nSPS) is 17.4. The Morgan fingerprint density at radius 2 is 2.05 bits per heavy atom. The van der Waals surface area contributed by atoms with Gasteiger partial charge in [0.1, 0.15) is 17.2 Å². The van der Waals surface area contributed by atoms with Crippen LogP contribution in [0, 0.1) is 0 Å². The van der Waals surface area contributed by atoms with Crippen LogP contribution in [-0.4, -0.2) is 18.8 Å². The number of aromatic hydroxyl groups is 1. The molecule has 0 spiro atoms. The smallest absolute Gasteiger partial charge is 0.122 e. The summed E-state index contributed by atoms with van der Waals surface area (Å²) in [5.41, 5.74) is 2.10. The first-order chi connectivity index (χ1) is 9.28. The Hall–Kier alpha value is -2.16. The van der Waals surface area contributed by atoms with Crippen molar-refractivity contribution >= 4 is 0 Å². The van der Waals surface area contributed by atoms with Crippen LogP contribution in [0.2, 0.25) is 0 Å². The number of phenolic OH excluding ortho intramolecular Hbond substituents is 1. The summed E-state index contributed by atoms with van der Waals surface area (Å²) < 4.78 is 10.9. The Labute approximate surface area is 112 Å². The first kappa shape index (κ1) is 11.9. The molecule has 0 amide bonds. The van der Waals surface area contributed by atoms with E-state index < -0.39 is 0 Å². The van der Waals surface area contributed by atoms with E-state index in [1.54, 1.807) is 13.2 Å². The van der Waals surface area contributed by atoms with E-state index in [-0.39, 0.29) is 11.7 Å². The van der Waals surface area contributed by atoms with E-state index in [1.807, 2.05) is 30.3 Å². The quantitative estimate of drug-likeness (QED) is 0.897. The van der Waals surface area contributed by atoms with Crippen LogP contribution in [0.1, 0.15) is 17.0 Å². The van der Waals surface area contributed by atoms with Crippen LogP contribution in [0.5, 0.6) is 17.2 Å². The fraction of sp³-hybridized carbons (Fsp3) is 0.250. The minimum Gasteiger partial charge on any atom is -0.508 e. The zero-order valence-electron chi connectivity index (χ0n) is 10.8. The second-order valence-corrected chi connectivity index (χ2v) is 4.74. The van der Waals surface area contributed by atoms with E-state index >= 15 is 0 Å². The van der Waals surface area contributed by atoms with Gasteiger partial charge in [0, 0.05) is 17.5 Å². The largest absolute Gasteiger partial charge is 0.508 e. The number of benzene rings is 2. The Balaban J connectivity index is 1.89. The van der Waals surface area contributed by atoms with Crippen LogP contribution >= 0.6 is 0 Å². The highest BCUT2D eigenvalue weighted by molar-refractivity contribution is 5.44. The van der Waals surface area contributed by atoms with E-state index in [0.717, 1.165) is 17.7 Å². The van der Waals surface area contributed by atoms with Crippen molar-refractivity contribution in [1.82, 2.24) is 0 Å². The molecule has 0 radical (unpaired) electrons. The molecule has 0 bridgehead atoms. The minimum atomic E-state index is 0.181. The molecule has 0 saturated carbocycles. The molecule has 1 heterocycles. The molecule has 3 nitrogen and oxygen atoms in total. The average molecular weight is 256 g/mol. The predicted molar refractivity (Wildman–Crippen MR) is 73.0 cm³/mol. The highest BCUT2D eigenvalue weighted by atomic mass is 16.5. The molecule has 3 heteroatoms. The first-order valence-corrected chi connectivity index (χ1v) is 6.35. The van der Waals surface area contributed by atoms with E-state index in [1.165, 1.54) is 5.56 Å². The predicted octanol–water partition coefficient (Wildman–Crippen LogP) is 3.12. The summed E-state index contributed by atoms with van der Waals surface area (Å²) in [4.78, 5) is 0. The second kappa shape index (κ2) is 4.84. The van der Waals surface area contributed by atoms with Crippen molar-refractivity contribution in [2.24, 2.45) is 0 Å². The molecular weight excluding hydrogens is 240 g/mol. The summed E-state index contributed by atoms with van der Waals surface area (Å²) in [5, 5.41) is 10.1. The molecule has 2 aromatic rings. The standard InChI is InChI=1S/C16H16O3/c1-18-13-6-7-14(15(17)9-13)12-8-11-4-2-3-5-16(11)19-10-12/h2-7,9,12,17H,8,10H2,1H3. The summed E-state index contributed by atoms with van der Waals surface area (Å²) in [6.07, 6.45) is 0.885. The van der Waals surface area contributed by atoms with Gasteiger partial charge in [-0.25, -0.2) is 0 Å². The Bertz CT molecular complexity index is 592. The Kier molecular flexibility index (Phi) is 3.03. The number of para-hydroxylation sites is 1. The van der Waals surface area contributed by atoms with Crippen molar-refractivity contribution in [3.05, 3.63) is 53.6 Å². The lowest BCUT2D eigenvalue weighted by Crippen LogP contribution is -2.19. The number of hydrogen-bond donors (Lipinski definition) is 1. The molecule has 0 aromatic heterocycles. The average Bonchev–Trinajstić information content (AvgIpc) is 2.46. The van der Waals surface area contributed by atoms with Crippen molar-refractivity contribution in [1.29, 1.82) is 0 Å². The molecule has 1 unspecified atom stereocenters. The number of methoxy groups -OCH3 is 1. The van der Waals surface area contributed by atoms with Crippen molar-refractivity contribution < 1.29 is 14.6 Å². The summed E-state index contributed by atoms with van der Waals surface area (Å²) in [6.45, 7) is 0.594. The van der Waals surface area contributed by atoms with Crippen LogP contribution in [0.4, 0.5) is 0 Å². The van der Waals surface area contributed by atoms with Crippen LogP contribution in [-0.2, 0) is 6.42 Å². The highest BCUT2D eigenvalue weighted by Gasteiger charge is 2.23. The number of phenols is 1. The molecule has 98 valence electrons. The lowest BCUT2D eigenvalue weighted by atomic mass is 9.90. The molecule has 1 aliphatic rings. The Morgan fingerprint density at radius 1 is 1.21 bits per heavy atom. The van der Waals surface area contributed by atoms with Crippen molar-refractivity contribution in [2.45, 2.75) is 12.3 Å². The first-order valence-electron chi connectivity index (χ1n) is 6.35. The molecule has 0 fully saturated rings. The summed E-state index contributed by atoms with van der Waals surface area (Å²) in [6, 6.07) is 13.5. The van der Waals surface area contributed by atoms with Gasteiger partial charge in [-0.1, -0.05) is 24.3 Å². The van der Waals surface area contributed by atoms with Gasteiger partial charge < -0.3 is 14.6 Å². The van der Waals surface area contributed by atoms with E-state index in [2.05, 4.69) is 6.07 Å². The maximum absolute atomic E-state index is 10.1. The topological polar surface area (TPSA) is 38.7 Å². The monoisotopic (exact) mass is 256 g/mol. The van der Waals surface area contributed by atoms with Gasteiger partial charge in [0.15, 0.2) is 0 Å². The van der Waals surface area contributed by atoms with Gasteiger partial charge in [-0.3, -0.25) is 0 Å². The molecule has 0 aliphatic carbocycles. The van der Waals surface area contributed by atoms with Crippen LogP contribution in [0.15, 0.2) is 42.5 Å². The molecule has 1 aliphatic heterocycles. The van der Waals surface area contributed by atoms with Gasteiger partial charge in [-0.05, 0) is 24.1 Å². The number of rotatable bonds is 2.